The van der Waals surface area contributed by atoms with Gasteiger partial charge in [-0.3, -0.25) is 0 Å². The van der Waals surface area contributed by atoms with Gasteiger partial charge in [0, 0.05) is 11.0 Å². The first-order valence-electron chi connectivity index (χ1n) is 6.35. The van der Waals surface area contributed by atoms with Gasteiger partial charge in [0.25, 0.3) is 0 Å². The minimum atomic E-state index is -1.03. The predicted molar refractivity (Wildman–Crippen MR) is 80.1 cm³/mol. The van der Waals surface area contributed by atoms with Crippen molar-refractivity contribution in [2.45, 2.75) is 25.3 Å². The van der Waals surface area contributed by atoms with Crippen LogP contribution in [-0.4, -0.2) is 34.6 Å². The van der Waals surface area contributed by atoms with Crippen molar-refractivity contribution >= 4 is 45.2 Å². The molecule has 2 amide bonds. The van der Waals surface area contributed by atoms with E-state index >= 15 is 0 Å². The number of likely N-dealkylation sites (tertiary alicyclic amines) is 1. The molecule has 1 heterocycles. The van der Waals surface area contributed by atoms with Crippen LogP contribution in [0.4, 0.5) is 14.9 Å². The molecule has 1 aromatic carbocycles. The van der Waals surface area contributed by atoms with E-state index in [1.54, 1.807) is 0 Å². The predicted octanol–water partition coefficient (Wildman–Crippen LogP) is 3.71. The van der Waals surface area contributed by atoms with Gasteiger partial charge < -0.3 is 15.3 Å². The van der Waals surface area contributed by atoms with E-state index in [9.17, 15) is 14.0 Å². The van der Waals surface area contributed by atoms with Gasteiger partial charge in [-0.15, -0.1) is 0 Å². The summed E-state index contributed by atoms with van der Waals surface area (Å²) in [7, 11) is 0. The Labute approximate surface area is 134 Å². The highest BCUT2D eigenvalue weighted by Gasteiger charge is 2.32. The topological polar surface area (TPSA) is 69.6 Å². The molecule has 8 heteroatoms. The maximum Gasteiger partial charge on any atom is 0.326 e. The van der Waals surface area contributed by atoms with Gasteiger partial charge in [-0.05, 0) is 47.3 Å². The van der Waals surface area contributed by atoms with Crippen LogP contribution in [-0.2, 0) is 4.79 Å². The lowest BCUT2D eigenvalue weighted by atomic mass is 10.0. The van der Waals surface area contributed by atoms with Crippen molar-refractivity contribution in [3.63, 3.8) is 0 Å². The van der Waals surface area contributed by atoms with Crippen LogP contribution in [0, 0.1) is 5.82 Å². The molecule has 1 unspecified atom stereocenters. The third kappa shape index (κ3) is 3.65. The summed E-state index contributed by atoms with van der Waals surface area (Å²) < 4.78 is 13.4. The van der Waals surface area contributed by atoms with Crippen LogP contribution in [0.25, 0.3) is 0 Å². The minimum absolute atomic E-state index is 0.0408. The van der Waals surface area contributed by atoms with E-state index in [1.807, 2.05) is 0 Å². The first kappa shape index (κ1) is 16.0. The second-order valence-electron chi connectivity index (χ2n) is 4.72. The number of urea groups is 1. The van der Waals surface area contributed by atoms with Gasteiger partial charge in [0.1, 0.15) is 11.9 Å². The third-order valence-electron chi connectivity index (χ3n) is 3.29. The van der Waals surface area contributed by atoms with Gasteiger partial charge in [0.15, 0.2) is 0 Å². The molecular formula is C13H13BrClFN2O3. The molecule has 2 N–H and O–H groups in total. The van der Waals surface area contributed by atoms with Crippen LogP contribution in [0.3, 0.4) is 0 Å². The molecule has 0 aliphatic carbocycles. The molecule has 1 saturated heterocycles. The summed E-state index contributed by atoms with van der Waals surface area (Å²) >= 11 is 9.02. The second-order valence-corrected chi connectivity index (χ2v) is 5.98. The fourth-order valence-electron chi connectivity index (χ4n) is 2.27. The number of carboxylic acid groups (broad SMARTS) is 1. The van der Waals surface area contributed by atoms with Crippen LogP contribution in [0.5, 0.6) is 0 Å². The van der Waals surface area contributed by atoms with E-state index in [0.717, 1.165) is 18.9 Å². The highest BCUT2D eigenvalue weighted by Crippen LogP contribution is 2.32. The van der Waals surface area contributed by atoms with E-state index in [-0.39, 0.29) is 10.7 Å². The number of carbonyl (C=O) groups excluding carboxylic acids is 1. The Morgan fingerprint density at radius 2 is 2.14 bits per heavy atom. The van der Waals surface area contributed by atoms with Crippen molar-refractivity contribution in [1.82, 2.24) is 4.90 Å². The molecule has 1 aliphatic heterocycles. The van der Waals surface area contributed by atoms with Gasteiger partial charge in [-0.1, -0.05) is 11.6 Å². The average molecular weight is 380 g/mol. The summed E-state index contributed by atoms with van der Waals surface area (Å²) in [6.07, 6.45) is 1.93. The molecule has 5 nitrogen and oxygen atoms in total. The number of carboxylic acids is 1. The number of aliphatic carboxylic acids is 1. The van der Waals surface area contributed by atoms with E-state index in [1.165, 1.54) is 11.0 Å². The zero-order valence-electron chi connectivity index (χ0n) is 10.9. The Morgan fingerprint density at radius 1 is 1.43 bits per heavy atom. The molecule has 2 rings (SSSR count). The summed E-state index contributed by atoms with van der Waals surface area (Å²) in [5.41, 5.74) is 0.220. The monoisotopic (exact) mass is 378 g/mol. The van der Waals surface area contributed by atoms with Crippen LogP contribution >= 0.6 is 27.5 Å². The normalized spacial score (nSPS) is 18.4. The highest BCUT2D eigenvalue weighted by molar-refractivity contribution is 9.10. The summed E-state index contributed by atoms with van der Waals surface area (Å²) in [5.74, 6) is -1.57. The number of carbonyl (C=O) groups is 2. The Morgan fingerprint density at radius 3 is 2.76 bits per heavy atom. The van der Waals surface area contributed by atoms with E-state index < -0.39 is 23.9 Å². The standard InChI is InChI=1S/C13H13BrClFN2O3/c14-8-5-7(16)6-9(15)11(8)17-13(21)18-4-2-1-3-10(18)12(19)20/h5-6,10H,1-4H2,(H,17,21)(H,19,20). The Hall–Kier alpha value is -1.34. The number of anilines is 1. The van der Waals surface area contributed by atoms with E-state index in [4.69, 9.17) is 16.7 Å². The van der Waals surface area contributed by atoms with Crippen molar-refractivity contribution in [2.75, 3.05) is 11.9 Å². The number of nitrogens with one attached hydrogen (secondary N) is 1. The molecule has 0 spiro atoms. The lowest BCUT2D eigenvalue weighted by molar-refractivity contribution is -0.143. The summed E-state index contributed by atoms with van der Waals surface area (Å²) in [6.45, 7) is 0.360. The first-order chi connectivity index (χ1) is 9.90. The Kier molecular flexibility index (Phi) is 5.05. The molecule has 0 saturated carbocycles. The van der Waals surface area contributed by atoms with Gasteiger partial charge in [-0.2, -0.15) is 0 Å². The molecule has 0 radical (unpaired) electrons. The first-order valence-corrected chi connectivity index (χ1v) is 7.52. The van der Waals surface area contributed by atoms with Crippen LogP contribution in [0.2, 0.25) is 5.02 Å². The molecular weight excluding hydrogens is 367 g/mol. The zero-order valence-corrected chi connectivity index (χ0v) is 13.2. The van der Waals surface area contributed by atoms with Gasteiger partial charge in [0.2, 0.25) is 0 Å². The smallest absolute Gasteiger partial charge is 0.326 e. The van der Waals surface area contributed by atoms with Crippen molar-refractivity contribution in [3.05, 3.63) is 27.4 Å². The quantitative estimate of drug-likeness (QED) is 0.823. The maximum absolute atomic E-state index is 13.2. The highest BCUT2D eigenvalue weighted by atomic mass is 79.9. The van der Waals surface area contributed by atoms with Crippen molar-refractivity contribution < 1.29 is 19.1 Å². The van der Waals surface area contributed by atoms with Crippen molar-refractivity contribution in [3.8, 4) is 0 Å². The summed E-state index contributed by atoms with van der Waals surface area (Å²) in [6, 6.07) is 0.840. The molecule has 1 aromatic rings. The van der Waals surface area contributed by atoms with Crippen LogP contribution in [0.15, 0.2) is 16.6 Å². The lowest BCUT2D eigenvalue weighted by Gasteiger charge is -2.33. The number of nitrogens with zero attached hydrogens (tertiary/aromatic N) is 1. The van der Waals surface area contributed by atoms with Gasteiger partial charge >= 0.3 is 12.0 Å². The largest absolute Gasteiger partial charge is 0.480 e. The average Bonchev–Trinajstić information content (AvgIpc) is 2.42. The molecule has 21 heavy (non-hydrogen) atoms. The number of rotatable bonds is 2. The Balaban J connectivity index is 2.19. The number of amides is 2. The number of hydrogen-bond acceptors (Lipinski definition) is 2. The minimum Gasteiger partial charge on any atom is -0.480 e. The SMILES string of the molecule is O=C(O)C1CCCCN1C(=O)Nc1c(Cl)cc(F)cc1Br. The summed E-state index contributed by atoms with van der Waals surface area (Å²) in [4.78, 5) is 24.7. The molecule has 0 aromatic heterocycles. The van der Waals surface area contributed by atoms with Gasteiger partial charge in [-0.25, -0.2) is 14.0 Å². The van der Waals surface area contributed by atoms with E-state index in [2.05, 4.69) is 21.2 Å². The molecule has 114 valence electrons. The van der Waals surface area contributed by atoms with Crippen LogP contribution < -0.4 is 5.32 Å². The molecule has 1 aliphatic rings. The zero-order chi connectivity index (χ0) is 15.6. The lowest BCUT2D eigenvalue weighted by Crippen LogP contribution is -2.49. The van der Waals surface area contributed by atoms with Crippen molar-refractivity contribution in [1.29, 1.82) is 0 Å². The number of benzene rings is 1. The second kappa shape index (κ2) is 6.62. The fraction of sp³-hybridized carbons (Fsp3) is 0.385. The van der Waals surface area contributed by atoms with E-state index in [0.29, 0.717) is 17.4 Å². The number of halogens is 3. The summed E-state index contributed by atoms with van der Waals surface area (Å²) in [5, 5.41) is 11.7. The third-order valence-corrected chi connectivity index (χ3v) is 4.21. The molecule has 1 atom stereocenters. The number of piperidine rings is 1. The maximum atomic E-state index is 13.2. The van der Waals surface area contributed by atoms with Crippen LogP contribution in [0.1, 0.15) is 19.3 Å². The molecule has 0 bridgehead atoms. The molecule has 1 fully saturated rings. The fourth-order valence-corrected chi connectivity index (χ4v) is 3.17. The number of hydrogen-bond donors (Lipinski definition) is 2. The van der Waals surface area contributed by atoms with Crippen molar-refractivity contribution in [2.24, 2.45) is 0 Å². The Bertz CT molecular complexity index is 562. The van der Waals surface area contributed by atoms with Gasteiger partial charge in [0.05, 0.1) is 10.7 Å².